The van der Waals surface area contributed by atoms with Gasteiger partial charge < -0.3 is 10.1 Å². The Morgan fingerprint density at radius 1 is 1.07 bits per heavy atom. The number of carbonyl (C=O) groups excluding carboxylic acids is 1. The molecule has 2 aliphatic rings. The SMILES string of the molecule is Cc1ccc(S(=O)(=O)O)cc1.O=C(OCc1ccccc1)[C@@H]1C[C@H]2CCCC[C@@H]2N1. The quantitative estimate of drug-likeness (QED) is 0.564. The third kappa shape index (κ3) is 6.39. The van der Waals surface area contributed by atoms with E-state index in [1.807, 2.05) is 37.3 Å². The van der Waals surface area contributed by atoms with Crippen LogP contribution < -0.4 is 5.32 Å². The second-order valence-electron chi connectivity index (χ2n) is 7.99. The van der Waals surface area contributed by atoms with Crippen LogP contribution in [0.2, 0.25) is 0 Å². The number of esters is 1. The van der Waals surface area contributed by atoms with E-state index in [1.54, 1.807) is 12.1 Å². The molecule has 0 amide bonds. The number of hydrogen-bond acceptors (Lipinski definition) is 5. The third-order valence-electron chi connectivity index (χ3n) is 5.69. The monoisotopic (exact) mass is 431 g/mol. The number of carbonyl (C=O) groups is 1. The van der Waals surface area contributed by atoms with Gasteiger partial charge in [0.25, 0.3) is 10.1 Å². The Bertz CT molecular complexity index is 914. The highest BCUT2D eigenvalue weighted by Gasteiger charge is 2.38. The second kappa shape index (κ2) is 10.2. The molecular formula is C23H29NO5S. The summed E-state index contributed by atoms with van der Waals surface area (Å²) in [4.78, 5) is 12.0. The molecule has 0 unspecified atom stereocenters. The van der Waals surface area contributed by atoms with Crippen molar-refractivity contribution >= 4 is 16.1 Å². The predicted molar refractivity (Wildman–Crippen MR) is 115 cm³/mol. The Morgan fingerprint density at radius 2 is 1.73 bits per heavy atom. The van der Waals surface area contributed by atoms with Crippen LogP contribution in [0.4, 0.5) is 0 Å². The lowest BCUT2D eigenvalue weighted by Crippen LogP contribution is -2.37. The molecule has 1 saturated heterocycles. The molecule has 7 heteroatoms. The van der Waals surface area contributed by atoms with Crippen molar-refractivity contribution in [2.45, 2.75) is 62.6 Å². The zero-order chi connectivity index (χ0) is 21.6. The lowest BCUT2D eigenvalue weighted by molar-refractivity contribution is -0.147. The van der Waals surface area contributed by atoms with E-state index in [0.29, 0.717) is 18.6 Å². The molecule has 162 valence electrons. The summed E-state index contributed by atoms with van der Waals surface area (Å²) in [6.45, 7) is 2.22. The largest absolute Gasteiger partial charge is 0.460 e. The number of benzene rings is 2. The Labute approximate surface area is 178 Å². The van der Waals surface area contributed by atoms with Crippen molar-refractivity contribution in [3.05, 3.63) is 65.7 Å². The van der Waals surface area contributed by atoms with E-state index >= 15 is 0 Å². The average molecular weight is 432 g/mol. The topological polar surface area (TPSA) is 92.7 Å². The van der Waals surface area contributed by atoms with E-state index in [4.69, 9.17) is 9.29 Å². The van der Waals surface area contributed by atoms with E-state index in [0.717, 1.165) is 17.5 Å². The first-order valence-electron chi connectivity index (χ1n) is 10.3. The van der Waals surface area contributed by atoms with Gasteiger partial charge in [-0.2, -0.15) is 8.42 Å². The molecule has 2 aromatic carbocycles. The van der Waals surface area contributed by atoms with E-state index in [-0.39, 0.29) is 16.9 Å². The number of hydrogen-bond donors (Lipinski definition) is 2. The molecule has 1 aliphatic heterocycles. The van der Waals surface area contributed by atoms with Crippen LogP contribution in [0.25, 0.3) is 0 Å². The van der Waals surface area contributed by atoms with Crippen molar-refractivity contribution < 1.29 is 22.5 Å². The summed E-state index contributed by atoms with van der Waals surface area (Å²) in [7, 11) is -4.02. The summed E-state index contributed by atoms with van der Waals surface area (Å²) in [5, 5.41) is 3.45. The van der Waals surface area contributed by atoms with Crippen LogP contribution in [0.3, 0.4) is 0 Å². The molecule has 0 spiro atoms. The number of fused-ring (bicyclic) bond motifs is 1. The maximum absolute atomic E-state index is 12.1. The van der Waals surface area contributed by atoms with Crippen LogP contribution >= 0.6 is 0 Å². The maximum atomic E-state index is 12.1. The highest BCUT2D eigenvalue weighted by atomic mass is 32.2. The fourth-order valence-corrected chi connectivity index (χ4v) is 4.52. The van der Waals surface area contributed by atoms with Crippen molar-refractivity contribution in [3.8, 4) is 0 Å². The van der Waals surface area contributed by atoms with E-state index < -0.39 is 10.1 Å². The Morgan fingerprint density at radius 3 is 2.37 bits per heavy atom. The molecule has 3 atom stereocenters. The van der Waals surface area contributed by atoms with Crippen LogP contribution in [-0.4, -0.2) is 31.0 Å². The molecule has 1 heterocycles. The van der Waals surface area contributed by atoms with Gasteiger partial charge in [0.05, 0.1) is 4.90 Å². The normalized spacial score (nSPS) is 23.1. The molecule has 0 radical (unpaired) electrons. The van der Waals surface area contributed by atoms with Crippen LogP contribution in [0.15, 0.2) is 59.5 Å². The first-order chi connectivity index (χ1) is 14.3. The molecule has 1 saturated carbocycles. The fourth-order valence-electron chi connectivity index (χ4n) is 4.04. The van der Waals surface area contributed by atoms with Gasteiger partial charge in [0.15, 0.2) is 0 Å². The fraction of sp³-hybridized carbons (Fsp3) is 0.435. The third-order valence-corrected chi connectivity index (χ3v) is 6.56. The smallest absolute Gasteiger partial charge is 0.323 e. The molecule has 2 aromatic rings. The summed E-state index contributed by atoms with van der Waals surface area (Å²) in [6, 6.07) is 16.3. The molecule has 2 fully saturated rings. The zero-order valence-electron chi connectivity index (χ0n) is 17.2. The van der Waals surface area contributed by atoms with Crippen molar-refractivity contribution in [1.29, 1.82) is 0 Å². The Balaban J connectivity index is 0.000000199. The minimum atomic E-state index is -4.02. The van der Waals surface area contributed by atoms with Gasteiger partial charge in [0.1, 0.15) is 12.6 Å². The highest BCUT2D eigenvalue weighted by Crippen LogP contribution is 2.33. The summed E-state index contributed by atoms with van der Waals surface area (Å²) in [5.41, 5.74) is 2.00. The summed E-state index contributed by atoms with van der Waals surface area (Å²) in [6.07, 6.45) is 6.04. The minimum Gasteiger partial charge on any atom is -0.460 e. The zero-order valence-corrected chi connectivity index (χ0v) is 18.0. The molecule has 4 rings (SSSR count). The highest BCUT2D eigenvalue weighted by molar-refractivity contribution is 7.85. The molecule has 30 heavy (non-hydrogen) atoms. The number of aryl methyl sites for hydroxylation is 1. The molecule has 0 aromatic heterocycles. The molecule has 0 bridgehead atoms. The Kier molecular flexibility index (Phi) is 7.64. The average Bonchev–Trinajstić information content (AvgIpc) is 3.17. The predicted octanol–water partition coefficient (Wildman–Crippen LogP) is 3.89. The van der Waals surface area contributed by atoms with Crippen molar-refractivity contribution in [1.82, 2.24) is 5.32 Å². The first kappa shape index (κ1) is 22.5. The molecule has 6 nitrogen and oxygen atoms in total. The number of rotatable bonds is 4. The van der Waals surface area contributed by atoms with Crippen LogP contribution in [0, 0.1) is 12.8 Å². The van der Waals surface area contributed by atoms with Gasteiger partial charge in [-0.15, -0.1) is 0 Å². The number of ether oxygens (including phenoxy) is 1. The summed E-state index contributed by atoms with van der Waals surface area (Å²) >= 11 is 0. The second-order valence-corrected chi connectivity index (χ2v) is 9.41. The lowest BCUT2D eigenvalue weighted by atomic mass is 9.85. The van der Waals surface area contributed by atoms with Gasteiger partial charge >= 0.3 is 5.97 Å². The van der Waals surface area contributed by atoms with Gasteiger partial charge in [-0.05, 0) is 49.8 Å². The lowest BCUT2D eigenvalue weighted by Gasteiger charge is -2.24. The van der Waals surface area contributed by atoms with E-state index in [2.05, 4.69) is 5.32 Å². The Hall–Kier alpha value is -2.22. The molecule has 1 aliphatic carbocycles. The molecular weight excluding hydrogens is 402 g/mol. The van der Waals surface area contributed by atoms with Crippen molar-refractivity contribution in [2.24, 2.45) is 5.92 Å². The van der Waals surface area contributed by atoms with E-state index in [9.17, 15) is 13.2 Å². The van der Waals surface area contributed by atoms with Crippen molar-refractivity contribution in [2.75, 3.05) is 0 Å². The van der Waals surface area contributed by atoms with Crippen LogP contribution in [-0.2, 0) is 26.3 Å². The summed E-state index contributed by atoms with van der Waals surface area (Å²) in [5.74, 6) is 0.598. The molecule has 2 N–H and O–H groups in total. The standard InChI is InChI=1S/C16H21NO2.C7H8O3S/c18-16(19-11-12-6-2-1-3-7-12)15-10-13-8-4-5-9-14(13)17-15;1-6-2-4-7(5-3-6)11(8,9)10/h1-3,6-7,13-15,17H,4-5,8-11H2;2-5H,1H3,(H,8,9,10)/t13-,14+,15+;/m1./s1. The summed E-state index contributed by atoms with van der Waals surface area (Å²) < 4.78 is 35.0. The van der Waals surface area contributed by atoms with Gasteiger partial charge in [-0.3, -0.25) is 9.35 Å². The first-order valence-corrected chi connectivity index (χ1v) is 11.8. The van der Waals surface area contributed by atoms with Crippen LogP contribution in [0.5, 0.6) is 0 Å². The van der Waals surface area contributed by atoms with Gasteiger partial charge in [-0.1, -0.05) is 60.9 Å². The van der Waals surface area contributed by atoms with Gasteiger partial charge in [0.2, 0.25) is 0 Å². The maximum Gasteiger partial charge on any atom is 0.323 e. The minimum absolute atomic E-state index is 0.0666. The van der Waals surface area contributed by atoms with Gasteiger partial charge in [-0.25, -0.2) is 0 Å². The van der Waals surface area contributed by atoms with E-state index in [1.165, 1.54) is 37.8 Å². The number of nitrogens with one attached hydrogen (secondary N) is 1. The van der Waals surface area contributed by atoms with Gasteiger partial charge in [0, 0.05) is 6.04 Å². The van der Waals surface area contributed by atoms with Crippen LogP contribution in [0.1, 0.15) is 43.2 Å². The van der Waals surface area contributed by atoms with Crippen molar-refractivity contribution in [3.63, 3.8) is 0 Å².